The number of para-hydroxylation sites is 1. The van der Waals surface area contributed by atoms with Crippen LogP contribution < -0.4 is 5.32 Å². The summed E-state index contributed by atoms with van der Waals surface area (Å²) in [6, 6.07) is 9.07. The minimum atomic E-state index is -0.660. The third-order valence-electron chi connectivity index (χ3n) is 4.17. The van der Waals surface area contributed by atoms with Crippen molar-refractivity contribution in [3.8, 4) is 5.69 Å². The first-order valence-corrected chi connectivity index (χ1v) is 7.97. The van der Waals surface area contributed by atoms with E-state index in [1.165, 1.54) is 0 Å². The number of imidazole rings is 1. The van der Waals surface area contributed by atoms with Crippen molar-refractivity contribution in [1.82, 2.24) is 14.9 Å². The van der Waals surface area contributed by atoms with Crippen molar-refractivity contribution in [2.45, 2.75) is 18.6 Å². The zero-order chi connectivity index (χ0) is 16.9. The highest BCUT2D eigenvalue weighted by atomic mass is 16.5. The molecule has 0 unspecified atom stereocenters. The molecule has 128 valence electrons. The van der Waals surface area contributed by atoms with Crippen LogP contribution in [0.4, 0.5) is 0 Å². The summed E-state index contributed by atoms with van der Waals surface area (Å²) in [5.41, 5.74) is 0.947. The zero-order valence-corrected chi connectivity index (χ0v) is 13.2. The molecule has 2 heterocycles. The normalized spacial score (nSPS) is 20.5. The molecule has 2 atom stereocenters. The zero-order valence-electron chi connectivity index (χ0n) is 13.2. The fourth-order valence-electron chi connectivity index (χ4n) is 2.90. The van der Waals surface area contributed by atoms with Crippen molar-refractivity contribution >= 4 is 5.91 Å². The first kappa shape index (κ1) is 16.6. The van der Waals surface area contributed by atoms with Gasteiger partial charge in [0.15, 0.2) is 0 Å². The lowest BCUT2D eigenvalue weighted by Gasteiger charge is -2.21. The van der Waals surface area contributed by atoms with Gasteiger partial charge in [0, 0.05) is 24.7 Å². The van der Waals surface area contributed by atoms with Crippen LogP contribution in [-0.2, 0) is 9.53 Å². The Morgan fingerprint density at radius 2 is 2.08 bits per heavy atom. The maximum atomic E-state index is 12.5. The first-order chi connectivity index (χ1) is 11.7. The topological polar surface area (TPSA) is 96.6 Å². The second-order valence-electron chi connectivity index (χ2n) is 5.75. The van der Waals surface area contributed by atoms with Crippen LogP contribution in [0.15, 0.2) is 42.7 Å². The molecule has 0 aliphatic carbocycles. The van der Waals surface area contributed by atoms with Gasteiger partial charge in [-0.2, -0.15) is 0 Å². The monoisotopic (exact) mass is 331 g/mol. The van der Waals surface area contributed by atoms with E-state index in [2.05, 4.69) is 10.3 Å². The van der Waals surface area contributed by atoms with Crippen LogP contribution in [0.1, 0.15) is 18.3 Å². The van der Waals surface area contributed by atoms with Gasteiger partial charge in [0.2, 0.25) is 5.91 Å². The van der Waals surface area contributed by atoms with Crippen LogP contribution >= 0.6 is 0 Å². The molecular formula is C17H21N3O4. The largest absolute Gasteiger partial charge is 0.394 e. The van der Waals surface area contributed by atoms with E-state index in [-0.39, 0.29) is 19.1 Å². The summed E-state index contributed by atoms with van der Waals surface area (Å²) >= 11 is 0. The number of nitrogens with one attached hydrogen (secondary N) is 1. The Kier molecular flexibility index (Phi) is 5.24. The summed E-state index contributed by atoms with van der Waals surface area (Å²) in [7, 11) is 0. The van der Waals surface area contributed by atoms with Gasteiger partial charge in [0.1, 0.15) is 11.9 Å². The van der Waals surface area contributed by atoms with Gasteiger partial charge in [0.05, 0.1) is 25.2 Å². The standard InChI is InChI=1S/C17H21N3O4/c21-10-12(11-22)19-17(23)14-6-9-24-15(14)16-18-7-8-20(16)13-4-2-1-3-5-13/h1-5,7-8,12,14-15,21-22H,6,9-11H2,(H,19,23)/t14-,15-/m1/s1. The molecule has 7 heteroatoms. The summed E-state index contributed by atoms with van der Waals surface area (Å²) in [4.78, 5) is 16.9. The smallest absolute Gasteiger partial charge is 0.226 e. The number of ether oxygens (including phenoxy) is 1. The number of hydrogen-bond donors (Lipinski definition) is 3. The number of nitrogens with zero attached hydrogens (tertiary/aromatic N) is 2. The Bertz CT molecular complexity index is 669. The maximum absolute atomic E-state index is 12.5. The predicted octanol–water partition coefficient (Wildman–Crippen LogP) is 0.419. The summed E-state index contributed by atoms with van der Waals surface area (Å²) in [5, 5.41) is 20.9. The molecule has 0 saturated carbocycles. The molecule has 1 amide bonds. The molecule has 24 heavy (non-hydrogen) atoms. The van der Waals surface area contributed by atoms with Gasteiger partial charge in [-0.25, -0.2) is 4.98 Å². The number of aromatic nitrogens is 2. The predicted molar refractivity (Wildman–Crippen MR) is 86.5 cm³/mol. The van der Waals surface area contributed by atoms with Crippen molar-refractivity contribution in [2.24, 2.45) is 5.92 Å². The van der Waals surface area contributed by atoms with Crippen LogP contribution in [0.2, 0.25) is 0 Å². The molecule has 1 fully saturated rings. The summed E-state index contributed by atoms with van der Waals surface area (Å²) in [6.07, 6.45) is 3.63. The van der Waals surface area contributed by atoms with E-state index in [4.69, 9.17) is 14.9 Å². The Morgan fingerprint density at radius 3 is 2.79 bits per heavy atom. The number of rotatable bonds is 6. The van der Waals surface area contributed by atoms with Gasteiger partial charge in [0.25, 0.3) is 0 Å². The van der Waals surface area contributed by atoms with Crippen molar-refractivity contribution in [2.75, 3.05) is 19.8 Å². The average molecular weight is 331 g/mol. The lowest BCUT2D eigenvalue weighted by atomic mass is 9.99. The quantitative estimate of drug-likeness (QED) is 0.713. The molecule has 1 aromatic heterocycles. The Balaban J connectivity index is 1.82. The Labute approximate surface area is 139 Å². The first-order valence-electron chi connectivity index (χ1n) is 7.97. The second kappa shape index (κ2) is 7.57. The SMILES string of the molecule is O=C(NC(CO)CO)[C@@H]1CCO[C@H]1c1nccn1-c1ccccc1. The number of aliphatic hydroxyl groups is 2. The van der Waals surface area contributed by atoms with Crippen LogP contribution in [-0.4, -0.2) is 51.5 Å². The summed E-state index contributed by atoms with van der Waals surface area (Å²) in [6.45, 7) is -0.147. The van der Waals surface area contributed by atoms with Crippen molar-refractivity contribution in [3.05, 3.63) is 48.5 Å². The molecule has 1 aromatic carbocycles. The van der Waals surface area contributed by atoms with E-state index in [1.807, 2.05) is 41.1 Å². The Hall–Kier alpha value is -2.22. The second-order valence-corrected chi connectivity index (χ2v) is 5.75. The fourth-order valence-corrected chi connectivity index (χ4v) is 2.90. The molecular weight excluding hydrogens is 310 g/mol. The molecule has 1 aliphatic rings. The number of amides is 1. The van der Waals surface area contributed by atoms with Crippen LogP contribution in [0.3, 0.4) is 0 Å². The molecule has 3 N–H and O–H groups in total. The minimum Gasteiger partial charge on any atom is -0.394 e. The highest BCUT2D eigenvalue weighted by molar-refractivity contribution is 5.80. The number of aliphatic hydroxyl groups excluding tert-OH is 2. The third kappa shape index (κ3) is 3.33. The molecule has 0 bridgehead atoms. The van der Waals surface area contributed by atoms with Gasteiger partial charge in [-0.1, -0.05) is 18.2 Å². The lowest BCUT2D eigenvalue weighted by molar-refractivity contribution is -0.128. The van der Waals surface area contributed by atoms with Gasteiger partial charge < -0.3 is 24.8 Å². The van der Waals surface area contributed by atoms with E-state index < -0.39 is 18.1 Å². The van der Waals surface area contributed by atoms with E-state index in [0.29, 0.717) is 18.9 Å². The molecule has 1 saturated heterocycles. The summed E-state index contributed by atoms with van der Waals surface area (Å²) < 4.78 is 7.68. The molecule has 0 spiro atoms. The molecule has 0 radical (unpaired) electrons. The molecule has 1 aliphatic heterocycles. The number of hydrogen-bond acceptors (Lipinski definition) is 5. The van der Waals surface area contributed by atoms with Crippen LogP contribution in [0.25, 0.3) is 5.69 Å². The van der Waals surface area contributed by atoms with Crippen molar-refractivity contribution in [3.63, 3.8) is 0 Å². The van der Waals surface area contributed by atoms with Gasteiger partial charge >= 0.3 is 0 Å². The van der Waals surface area contributed by atoms with Crippen LogP contribution in [0, 0.1) is 5.92 Å². The molecule has 2 aromatic rings. The molecule has 3 rings (SSSR count). The third-order valence-corrected chi connectivity index (χ3v) is 4.17. The maximum Gasteiger partial charge on any atom is 0.226 e. The lowest BCUT2D eigenvalue weighted by Crippen LogP contribution is -2.44. The minimum absolute atomic E-state index is 0.242. The van der Waals surface area contributed by atoms with Gasteiger partial charge in [-0.05, 0) is 18.6 Å². The van der Waals surface area contributed by atoms with Crippen LogP contribution in [0.5, 0.6) is 0 Å². The number of carbonyl (C=O) groups is 1. The highest BCUT2D eigenvalue weighted by Gasteiger charge is 2.38. The number of carbonyl (C=O) groups excluding carboxylic acids is 1. The van der Waals surface area contributed by atoms with Crippen molar-refractivity contribution < 1.29 is 19.7 Å². The van der Waals surface area contributed by atoms with E-state index in [9.17, 15) is 4.79 Å². The number of benzene rings is 1. The average Bonchev–Trinajstić information content (AvgIpc) is 3.28. The van der Waals surface area contributed by atoms with E-state index in [0.717, 1.165) is 5.69 Å². The fraction of sp³-hybridized carbons (Fsp3) is 0.412. The summed E-state index contributed by atoms with van der Waals surface area (Å²) in [5.74, 6) is 0.0204. The van der Waals surface area contributed by atoms with E-state index >= 15 is 0 Å². The van der Waals surface area contributed by atoms with Gasteiger partial charge in [-0.15, -0.1) is 0 Å². The Morgan fingerprint density at radius 1 is 1.33 bits per heavy atom. The van der Waals surface area contributed by atoms with E-state index in [1.54, 1.807) is 6.20 Å². The van der Waals surface area contributed by atoms with Crippen molar-refractivity contribution in [1.29, 1.82) is 0 Å². The molecule has 7 nitrogen and oxygen atoms in total. The highest BCUT2D eigenvalue weighted by Crippen LogP contribution is 2.34. The van der Waals surface area contributed by atoms with Gasteiger partial charge in [-0.3, -0.25) is 4.79 Å².